The van der Waals surface area contributed by atoms with Crippen LogP contribution in [0.2, 0.25) is 0 Å². The summed E-state index contributed by atoms with van der Waals surface area (Å²) in [6.07, 6.45) is 1.90. The van der Waals surface area contributed by atoms with Gasteiger partial charge in [0, 0.05) is 44.6 Å². The van der Waals surface area contributed by atoms with E-state index < -0.39 is 0 Å². The van der Waals surface area contributed by atoms with E-state index in [-0.39, 0.29) is 0 Å². The highest BCUT2D eigenvalue weighted by atomic mass is 15.1. The average molecular weight is 177 g/mol. The van der Waals surface area contributed by atoms with Gasteiger partial charge in [0.05, 0.1) is 5.69 Å². The van der Waals surface area contributed by atoms with Gasteiger partial charge in [0.25, 0.3) is 0 Å². The predicted molar refractivity (Wildman–Crippen MR) is 53.7 cm³/mol. The van der Waals surface area contributed by atoms with E-state index in [4.69, 9.17) is 0 Å². The van der Waals surface area contributed by atoms with Crippen LogP contribution in [0.3, 0.4) is 0 Å². The van der Waals surface area contributed by atoms with Gasteiger partial charge in [-0.3, -0.25) is 9.88 Å². The molecule has 0 aliphatic carbocycles. The Kier molecular flexibility index (Phi) is 1.96. The van der Waals surface area contributed by atoms with Gasteiger partial charge in [0.1, 0.15) is 0 Å². The molecule has 13 heavy (non-hydrogen) atoms. The molecule has 2 rings (SSSR count). The standard InChI is InChI=1S/C10H15N3/c1-12(2)10-4-5-11-9-7-13(3)6-8(9)10/h4-5H,6-7H2,1-3H3. The molecule has 1 aromatic rings. The van der Waals surface area contributed by atoms with Crippen LogP contribution in [0.4, 0.5) is 5.69 Å². The number of hydrogen-bond acceptors (Lipinski definition) is 3. The topological polar surface area (TPSA) is 19.4 Å². The minimum atomic E-state index is 0.983. The SMILES string of the molecule is CN1Cc2nccc(N(C)C)c2C1. The van der Waals surface area contributed by atoms with Crippen molar-refractivity contribution in [2.75, 3.05) is 26.0 Å². The van der Waals surface area contributed by atoms with E-state index in [0.29, 0.717) is 0 Å². The van der Waals surface area contributed by atoms with E-state index in [9.17, 15) is 0 Å². The monoisotopic (exact) mass is 177 g/mol. The van der Waals surface area contributed by atoms with Crippen LogP contribution in [-0.4, -0.2) is 31.0 Å². The molecule has 0 unspecified atom stereocenters. The summed E-state index contributed by atoms with van der Waals surface area (Å²) in [5, 5.41) is 0. The number of nitrogens with zero attached hydrogens (tertiary/aromatic N) is 3. The Balaban J connectivity index is 2.45. The Morgan fingerprint density at radius 3 is 2.85 bits per heavy atom. The van der Waals surface area contributed by atoms with Gasteiger partial charge >= 0.3 is 0 Å². The summed E-state index contributed by atoms with van der Waals surface area (Å²) < 4.78 is 0. The fourth-order valence-corrected chi connectivity index (χ4v) is 1.83. The molecule has 1 aromatic heterocycles. The summed E-state index contributed by atoms with van der Waals surface area (Å²) in [6, 6.07) is 2.08. The number of fused-ring (bicyclic) bond motifs is 1. The molecule has 1 aliphatic heterocycles. The van der Waals surface area contributed by atoms with Crippen molar-refractivity contribution in [3.8, 4) is 0 Å². The maximum atomic E-state index is 4.38. The van der Waals surface area contributed by atoms with Gasteiger partial charge in [0.2, 0.25) is 0 Å². The lowest BCUT2D eigenvalue weighted by atomic mass is 10.2. The maximum Gasteiger partial charge on any atom is 0.0609 e. The maximum absolute atomic E-state index is 4.38. The molecule has 0 saturated carbocycles. The minimum Gasteiger partial charge on any atom is -0.377 e. The second-order valence-corrected chi connectivity index (χ2v) is 3.82. The highest BCUT2D eigenvalue weighted by molar-refractivity contribution is 5.54. The Bertz CT molecular complexity index is 320. The van der Waals surface area contributed by atoms with Crippen LogP contribution >= 0.6 is 0 Å². The van der Waals surface area contributed by atoms with Crippen molar-refractivity contribution in [3.05, 3.63) is 23.5 Å². The van der Waals surface area contributed by atoms with Crippen LogP contribution < -0.4 is 4.90 Å². The molecule has 70 valence electrons. The third-order valence-electron chi connectivity index (χ3n) is 2.45. The van der Waals surface area contributed by atoms with Crippen molar-refractivity contribution in [2.24, 2.45) is 0 Å². The van der Waals surface area contributed by atoms with Crippen LogP contribution in [0.25, 0.3) is 0 Å². The Morgan fingerprint density at radius 1 is 1.38 bits per heavy atom. The second-order valence-electron chi connectivity index (χ2n) is 3.82. The van der Waals surface area contributed by atoms with E-state index in [0.717, 1.165) is 13.1 Å². The zero-order valence-electron chi connectivity index (χ0n) is 8.41. The first-order valence-corrected chi connectivity index (χ1v) is 4.51. The normalized spacial score (nSPS) is 15.9. The third-order valence-corrected chi connectivity index (χ3v) is 2.45. The number of hydrogen-bond donors (Lipinski definition) is 0. The molecule has 0 spiro atoms. The van der Waals surface area contributed by atoms with Gasteiger partial charge < -0.3 is 4.90 Å². The summed E-state index contributed by atoms with van der Waals surface area (Å²) in [4.78, 5) is 8.82. The molecule has 2 heterocycles. The predicted octanol–water partition coefficient (Wildman–Crippen LogP) is 1.09. The lowest BCUT2D eigenvalue weighted by Crippen LogP contribution is -2.12. The molecular formula is C10H15N3. The lowest BCUT2D eigenvalue weighted by Gasteiger charge is -2.15. The summed E-state index contributed by atoms with van der Waals surface area (Å²) in [6.45, 7) is 2.01. The Labute approximate surface area is 79.0 Å². The first-order chi connectivity index (χ1) is 6.18. The molecule has 0 radical (unpaired) electrons. The van der Waals surface area contributed by atoms with E-state index >= 15 is 0 Å². The molecule has 3 nitrogen and oxygen atoms in total. The number of anilines is 1. The Hall–Kier alpha value is -1.09. The van der Waals surface area contributed by atoms with Crippen LogP contribution in [0.15, 0.2) is 12.3 Å². The summed E-state index contributed by atoms with van der Waals surface area (Å²) in [5.74, 6) is 0. The first kappa shape index (κ1) is 8.51. The number of aromatic nitrogens is 1. The van der Waals surface area contributed by atoms with Gasteiger partial charge in [0.15, 0.2) is 0 Å². The van der Waals surface area contributed by atoms with Crippen LogP contribution in [0.1, 0.15) is 11.3 Å². The van der Waals surface area contributed by atoms with Crippen molar-refractivity contribution >= 4 is 5.69 Å². The highest BCUT2D eigenvalue weighted by Gasteiger charge is 2.20. The molecule has 0 aromatic carbocycles. The van der Waals surface area contributed by atoms with Crippen molar-refractivity contribution < 1.29 is 0 Å². The van der Waals surface area contributed by atoms with Crippen LogP contribution in [0, 0.1) is 0 Å². The average Bonchev–Trinajstić information content (AvgIpc) is 2.43. The van der Waals surface area contributed by atoms with Crippen LogP contribution in [0.5, 0.6) is 0 Å². The minimum absolute atomic E-state index is 0.983. The van der Waals surface area contributed by atoms with E-state index in [1.165, 1.54) is 16.9 Å². The van der Waals surface area contributed by atoms with E-state index in [2.05, 4.69) is 42.0 Å². The smallest absolute Gasteiger partial charge is 0.0609 e. The number of pyridine rings is 1. The lowest BCUT2D eigenvalue weighted by molar-refractivity contribution is 0.351. The van der Waals surface area contributed by atoms with Crippen LogP contribution in [-0.2, 0) is 13.1 Å². The van der Waals surface area contributed by atoms with Gasteiger partial charge in [-0.1, -0.05) is 0 Å². The first-order valence-electron chi connectivity index (χ1n) is 4.51. The third kappa shape index (κ3) is 1.40. The molecule has 0 amide bonds. The zero-order valence-corrected chi connectivity index (χ0v) is 8.41. The second kappa shape index (κ2) is 3.00. The molecule has 0 saturated heterocycles. The summed E-state index contributed by atoms with van der Waals surface area (Å²) in [5.41, 5.74) is 3.91. The molecule has 0 bridgehead atoms. The highest BCUT2D eigenvalue weighted by Crippen LogP contribution is 2.27. The van der Waals surface area contributed by atoms with Gasteiger partial charge in [-0.25, -0.2) is 0 Å². The fraction of sp³-hybridized carbons (Fsp3) is 0.500. The molecule has 1 aliphatic rings. The van der Waals surface area contributed by atoms with Crippen molar-refractivity contribution in [1.29, 1.82) is 0 Å². The number of rotatable bonds is 1. The van der Waals surface area contributed by atoms with Crippen molar-refractivity contribution in [3.63, 3.8) is 0 Å². The molecular weight excluding hydrogens is 162 g/mol. The Morgan fingerprint density at radius 2 is 2.15 bits per heavy atom. The molecule has 0 atom stereocenters. The van der Waals surface area contributed by atoms with E-state index in [1.54, 1.807) is 0 Å². The van der Waals surface area contributed by atoms with Gasteiger partial charge in [-0.2, -0.15) is 0 Å². The largest absolute Gasteiger partial charge is 0.377 e. The van der Waals surface area contributed by atoms with Gasteiger partial charge in [-0.15, -0.1) is 0 Å². The van der Waals surface area contributed by atoms with Crippen molar-refractivity contribution in [1.82, 2.24) is 9.88 Å². The van der Waals surface area contributed by atoms with E-state index in [1.807, 2.05) is 6.20 Å². The molecule has 0 N–H and O–H groups in total. The van der Waals surface area contributed by atoms with Crippen molar-refractivity contribution in [2.45, 2.75) is 13.1 Å². The molecule has 3 heteroatoms. The molecule has 0 fully saturated rings. The van der Waals surface area contributed by atoms with Gasteiger partial charge in [-0.05, 0) is 13.1 Å². The zero-order chi connectivity index (χ0) is 9.42. The quantitative estimate of drug-likeness (QED) is 0.640. The summed E-state index contributed by atoms with van der Waals surface area (Å²) >= 11 is 0. The summed E-state index contributed by atoms with van der Waals surface area (Å²) in [7, 11) is 6.28. The fourth-order valence-electron chi connectivity index (χ4n) is 1.83.